The van der Waals surface area contributed by atoms with E-state index in [2.05, 4.69) is 6.58 Å². The van der Waals surface area contributed by atoms with E-state index in [4.69, 9.17) is 14.2 Å². The van der Waals surface area contributed by atoms with Gasteiger partial charge in [-0.1, -0.05) is 48.5 Å². The molecule has 2 aromatic rings. The van der Waals surface area contributed by atoms with Crippen molar-refractivity contribution < 1.29 is 28.9 Å². The predicted molar refractivity (Wildman–Crippen MR) is 119 cm³/mol. The van der Waals surface area contributed by atoms with Gasteiger partial charge in [0.15, 0.2) is 0 Å². The van der Waals surface area contributed by atoms with Gasteiger partial charge in [-0.05, 0) is 36.6 Å². The van der Waals surface area contributed by atoms with Gasteiger partial charge in [0.2, 0.25) is 5.91 Å². The molecule has 1 fully saturated rings. The van der Waals surface area contributed by atoms with Gasteiger partial charge in [-0.2, -0.15) is 0 Å². The summed E-state index contributed by atoms with van der Waals surface area (Å²) >= 11 is 0. The van der Waals surface area contributed by atoms with Gasteiger partial charge in [-0.25, -0.2) is 9.69 Å². The van der Waals surface area contributed by atoms with E-state index < -0.39 is 36.2 Å². The predicted octanol–water partition coefficient (Wildman–Crippen LogP) is 3.87. The van der Waals surface area contributed by atoms with Gasteiger partial charge in [-0.15, -0.1) is 6.58 Å². The highest BCUT2D eigenvalue weighted by molar-refractivity contribution is 5.96. The maximum Gasteiger partial charge on any atom is 0.417 e. The second kappa shape index (κ2) is 10.9. The normalized spacial score (nSPS) is 19.8. The number of hydrogen-bond acceptors (Lipinski definition) is 6. The maximum absolute atomic E-state index is 13.1. The van der Waals surface area contributed by atoms with Crippen LogP contribution in [0.25, 0.3) is 0 Å². The molecule has 7 heteroatoms. The lowest BCUT2D eigenvalue weighted by Crippen LogP contribution is -2.44. The molecule has 1 aliphatic heterocycles. The Morgan fingerprint density at radius 1 is 1.22 bits per heavy atom. The molecule has 0 radical (unpaired) electrons. The van der Waals surface area contributed by atoms with Crippen molar-refractivity contribution in [2.75, 3.05) is 13.7 Å². The number of aliphatic hydroxyl groups is 1. The van der Waals surface area contributed by atoms with E-state index in [1.807, 2.05) is 54.6 Å². The van der Waals surface area contributed by atoms with Crippen molar-refractivity contribution in [2.45, 2.75) is 38.2 Å². The van der Waals surface area contributed by atoms with Gasteiger partial charge in [0.25, 0.3) is 0 Å². The summed E-state index contributed by atoms with van der Waals surface area (Å²) in [7, 11) is 1.61. The summed E-state index contributed by atoms with van der Waals surface area (Å²) in [5.41, 5.74) is 1.78. The molecule has 0 unspecified atom stereocenters. The average molecular weight is 440 g/mol. The summed E-state index contributed by atoms with van der Waals surface area (Å²) in [6, 6.07) is 16.3. The number of imide groups is 1. The van der Waals surface area contributed by atoms with Crippen molar-refractivity contribution >= 4 is 12.0 Å². The van der Waals surface area contributed by atoms with E-state index in [-0.39, 0.29) is 13.0 Å². The highest BCUT2D eigenvalue weighted by Crippen LogP contribution is 2.33. The van der Waals surface area contributed by atoms with Crippen LogP contribution in [0.1, 0.15) is 30.6 Å². The summed E-state index contributed by atoms with van der Waals surface area (Å²) in [6.45, 7) is 6.06. The van der Waals surface area contributed by atoms with Gasteiger partial charge in [-0.3, -0.25) is 4.79 Å². The van der Waals surface area contributed by atoms with E-state index in [9.17, 15) is 14.7 Å². The first kappa shape index (κ1) is 23.5. The highest BCUT2D eigenvalue weighted by Gasteiger charge is 2.45. The molecule has 170 valence electrons. The Bertz CT molecular complexity index is 914. The standard InChI is InChI=1S/C25H29NO6/c1-4-21(22(27)14-15-31-16-18-10-12-20(30-3)13-11-18)24(28)26-17(2)23(32-25(26)29)19-8-6-5-7-9-19/h4-13,17,21-23,27H,1,14-16H2,2-3H3/t17-,21-,22+,23-/m1/s1. The average Bonchev–Trinajstić information content (AvgIpc) is 3.11. The van der Waals surface area contributed by atoms with E-state index in [0.29, 0.717) is 6.61 Å². The Labute approximate surface area is 188 Å². The molecule has 0 saturated carbocycles. The number of ether oxygens (including phenoxy) is 3. The fourth-order valence-corrected chi connectivity index (χ4v) is 3.72. The van der Waals surface area contributed by atoms with Crippen molar-refractivity contribution in [1.29, 1.82) is 0 Å². The number of carbonyl (C=O) groups excluding carboxylic acids is 2. The number of rotatable bonds is 10. The van der Waals surface area contributed by atoms with Crippen LogP contribution in [0.4, 0.5) is 4.79 Å². The SMILES string of the molecule is C=C[C@@H](C(=O)N1C(=O)O[C@@H](c2ccccc2)[C@H]1C)[C@@H](O)CCOCc1ccc(OC)cc1. The minimum absolute atomic E-state index is 0.220. The highest BCUT2D eigenvalue weighted by atomic mass is 16.6. The van der Waals surface area contributed by atoms with Crippen LogP contribution in [0.5, 0.6) is 5.75 Å². The third-order valence-electron chi connectivity index (χ3n) is 5.57. The second-order valence-corrected chi connectivity index (χ2v) is 7.68. The van der Waals surface area contributed by atoms with Gasteiger partial charge < -0.3 is 19.3 Å². The summed E-state index contributed by atoms with van der Waals surface area (Å²) in [6.07, 6.45) is -0.717. The monoisotopic (exact) mass is 439 g/mol. The molecule has 0 spiro atoms. The van der Waals surface area contributed by atoms with Crippen molar-refractivity contribution in [1.82, 2.24) is 4.90 Å². The zero-order valence-corrected chi connectivity index (χ0v) is 18.3. The molecule has 2 amide bonds. The zero-order chi connectivity index (χ0) is 23.1. The lowest BCUT2D eigenvalue weighted by atomic mass is 9.96. The zero-order valence-electron chi connectivity index (χ0n) is 18.3. The third-order valence-corrected chi connectivity index (χ3v) is 5.57. The third kappa shape index (κ3) is 5.36. The number of nitrogens with zero attached hydrogens (tertiary/aromatic N) is 1. The lowest BCUT2D eigenvalue weighted by Gasteiger charge is -2.25. The van der Waals surface area contributed by atoms with Crippen LogP contribution < -0.4 is 4.74 Å². The van der Waals surface area contributed by atoms with Crippen molar-refractivity contribution in [3.8, 4) is 5.75 Å². The van der Waals surface area contributed by atoms with Crippen LogP contribution in [-0.4, -0.2) is 47.9 Å². The van der Waals surface area contributed by atoms with Gasteiger partial charge in [0, 0.05) is 6.61 Å². The van der Waals surface area contributed by atoms with Crippen LogP contribution in [0.2, 0.25) is 0 Å². The Morgan fingerprint density at radius 3 is 2.53 bits per heavy atom. The van der Waals surface area contributed by atoms with Gasteiger partial charge in [0.1, 0.15) is 11.9 Å². The summed E-state index contributed by atoms with van der Waals surface area (Å²) < 4.78 is 16.2. The van der Waals surface area contributed by atoms with Crippen molar-refractivity contribution in [3.05, 3.63) is 78.4 Å². The molecule has 2 aromatic carbocycles. The van der Waals surface area contributed by atoms with Crippen LogP contribution in [0, 0.1) is 5.92 Å². The Hall–Kier alpha value is -3.16. The van der Waals surface area contributed by atoms with Crippen LogP contribution in [0.15, 0.2) is 67.3 Å². The van der Waals surface area contributed by atoms with Gasteiger partial charge >= 0.3 is 6.09 Å². The van der Waals surface area contributed by atoms with E-state index in [1.165, 1.54) is 6.08 Å². The molecular weight excluding hydrogens is 410 g/mol. The molecule has 7 nitrogen and oxygen atoms in total. The first-order valence-corrected chi connectivity index (χ1v) is 10.6. The van der Waals surface area contributed by atoms with E-state index >= 15 is 0 Å². The van der Waals surface area contributed by atoms with Crippen LogP contribution in [-0.2, 0) is 20.9 Å². The van der Waals surface area contributed by atoms with Crippen LogP contribution in [0.3, 0.4) is 0 Å². The van der Waals surface area contributed by atoms with E-state index in [1.54, 1.807) is 14.0 Å². The summed E-state index contributed by atoms with van der Waals surface area (Å²) in [5.74, 6) is -0.705. The summed E-state index contributed by atoms with van der Waals surface area (Å²) in [4.78, 5) is 26.6. The Morgan fingerprint density at radius 2 is 1.91 bits per heavy atom. The molecule has 0 bridgehead atoms. The summed E-state index contributed by atoms with van der Waals surface area (Å²) in [5, 5.41) is 10.6. The molecule has 0 aliphatic carbocycles. The van der Waals surface area contributed by atoms with E-state index in [0.717, 1.165) is 21.8 Å². The molecule has 1 saturated heterocycles. The molecule has 1 heterocycles. The number of carbonyl (C=O) groups is 2. The maximum atomic E-state index is 13.1. The number of amides is 2. The smallest absolute Gasteiger partial charge is 0.417 e. The quantitative estimate of drug-likeness (QED) is 0.447. The Balaban J connectivity index is 1.54. The number of hydrogen-bond donors (Lipinski definition) is 1. The first-order chi connectivity index (χ1) is 15.5. The minimum atomic E-state index is -1.04. The number of aliphatic hydroxyl groups excluding tert-OH is 1. The number of benzene rings is 2. The fourth-order valence-electron chi connectivity index (χ4n) is 3.72. The minimum Gasteiger partial charge on any atom is -0.497 e. The number of methoxy groups -OCH3 is 1. The number of cyclic esters (lactones) is 1. The van der Waals surface area contributed by atoms with Crippen molar-refractivity contribution in [2.24, 2.45) is 5.92 Å². The second-order valence-electron chi connectivity index (χ2n) is 7.68. The topological polar surface area (TPSA) is 85.3 Å². The lowest BCUT2D eigenvalue weighted by molar-refractivity contribution is -0.135. The molecular formula is C25H29NO6. The van der Waals surface area contributed by atoms with Gasteiger partial charge in [0.05, 0.1) is 31.8 Å². The van der Waals surface area contributed by atoms with Crippen LogP contribution >= 0.6 is 0 Å². The molecule has 1 N–H and O–H groups in total. The molecule has 32 heavy (non-hydrogen) atoms. The molecule has 4 atom stereocenters. The molecule has 1 aliphatic rings. The molecule has 0 aromatic heterocycles. The fraction of sp³-hybridized carbons (Fsp3) is 0.360. The molecule has 3 rings (SSSR count). The largest absolute Gasteiger partial charge is 0.497 e. The first-order valence-electron chi connectivity index (χ1n) is 10.6. The van der Waals surface area contributed by atoms with Crippen molar-refractivity contribution in [3.63, 3.8) is 0 Å². The Kier molecular flexibility index (Phi) is 8.03.